The molecule has 1 atom stereocenters. The van der Waals surface area contributed by atoms with Gasteiger partial charge in [-0.15, -0.1) is 0 Å². The normalized spacial score (nSPS) is 19.8. The number of nitrogens with one attached hydrogen (secondary N) is 1. The number of pyridine rings is 1. The first kappa shape index (κ1) is 13.4. The lowest BCUT2D eigenvalue weighted by molar-refractivity contribution is 0.0526. The molecule has 0 bridgehead atoms. The maximum atomic E-state index is 10.8. The number of hydrogen-bond acceptors (Lipinski definition) is 5. The zero-order valence-corrected chi connectivity index (χ0v) is 11.5. The first-order chi connectivity index (χ1) is 10.1. The molecular weight excluding hydrogens is 264 g/mol. The summed E-state index contributed by atoms with van der Waals surface area (Å²) in [6.45, 7) is 0.363. The molecule has 4 N–H and O–H groups in total. The van der Waals surface area contributed by atoms with Crippen LogP contribution in [0, 0.1) is 11.3 Å². The summed E-state index contributed by atoms with van der Waals surface area (Å²) in [4.78, 5) is 4.13. The van der Waals surface area contributed by atoms with Crippen molar-refractivity contribution < 1.29 is 5.11 Å². The number of anilines is 2. The summed E-state index contributed by atoms with van der Waals surface area (Å²) >= 11 is 0. The third kappa shape index (κ3) is 2.41. The summed E-state index contributed by atoms with van der Waals surface area (Å²) in [5.41, 5.74) is 7.31. The summed E-state index contributed by atoms with van der Waals surface area (Å²) in [5, 5.41) is 22.7. The van der Waals surface area contributed by atoms with Crippen molar-refractivity contribution in [3.63, 3.8) is 0 Å². The van der Waals surface area contributed by atoms with Crippen molar-refractivity contribution in [2.24, 2.45) is 0 Å². The highest BCUT2D eigenvalue weighted by atomic mass is 16.3. The average molecular weight is 280 g/mol. The molecule has 0 aliphatic heterocycles. The Kier molecular flexibility index (Phi) is 3.24. The van der Waals surface area contributed by atoms with Crippen LogP contribution in [-0.4, -0.2) is 16.6 Å². The van der Waals surface area contributed by atoms with Gasteiger partial charge in [0.15, 0.2) is 0 Å². The number of nitrogens with zero attached hydrogens (tertiary/aromatic N) is 2. The molecule has 1 aliphatic carbocycles. The minimum Gasteiger partial charge on any atom is -0.383 e. The Hall–Kier alpha value is -2.58. The van der Waals surface area contributed by atoms with E-state index >= 15 is 0 Å². The highest BCUT2D eigenvalue weighted by Gasteiger charge is 2.36. The second-order valence-electron chi connectivity index (χ2n) is 5.28. The smallest absolute Gasteiger partial charge is 0.143 e. The molecule has 0 radical (unpaired) electrons. The molecule has 1 aromatic heterocycles. The Labute approximate surface area is 123 Å². The fraction of sp³-hybridized carbons (Fsp3) is 0.250. The number of hydrogen-bond donors (Lipinski definition) is 3. The van der Waals surface area contributed by atoms with Gasteiger partial charge in [0.25, 0.3) is 0 Å². The number of aliphatic hydroxyl groups is 1. The number of aromatic nitrogens is 1. The van der Waals surface area contributed by atoms with Crippen LogP contribution in [-0.2, 0) is 12.0 Å². The van der Waals surface area contributed by atoms with Crippen LogP contribution < -0.4 is 11.1 Å². The minimum atomic E-state index is -0.888. The van der Waals surface area contributed by atoms with Crippen molar-refractivity contribution in [2.45, 2.75) is 18.4 Å². The summed E-state index contributed by atoms with van der Waals surface area (Å²) in [6, 6.07) is 13.2. The van der Waals surface area contributed by atoms with Gasteiger partial charge in [0.2, 0.25) is 0 Å². The van der Waals surface area contributed by atoms with Gasteiger partial charge in [-0.1, -0.05) is 24.3 Å². The van der Waals surface area contributed by atoms with Crippen LogP contribution >= 0.6 is 0 Å². The lowest BCUT2D eigenvalue weighted by Gasteiger charge is -2.24. The zero-order valence-electron chi connectivity index (χ0n) is 11.5. The highest BCUT2D eigenvalue weighted by molar-refractivity contribution is 5.54. The quantitative estimate of drug-likeness (QED) is 0.796. The lowest BCUT2D eigenvalue weighted by Crippen LogP contribution is -2.32. The number of nitrogens with two attached hydrogens (primary N) is 1. The van der Waals surface area contributed by atoms with E-state index in [1.54, 1.807) is 12.1 Å². The molecule has 5 heteroatoms. The van der Waals surface area contributed by atoms with Crippen LogP contribution in [0.5, 0.6) is 0 Å². The van der Waals surface area contributed by atoms with Crippen molar-refractivity contribution in [3.05, 3.63) is 53.1 Å². The Morgan fingerprint density at radius 2 is 2.14 bits per heavy atom. The topological polar surface area (TPSA) is 95.0 Å². The van der Waals surface area contributed by atoms with Gasteiger partial charge in [-0.25, -0.2) is 4.98 Å². The number of fused-ring (bicyclic) bond motifs is 1. The Morgan fingerprint density at radius 1 is 1.33 bits per heavy atom. The minimum absolute atomic E-state index is 0.196. The standard InChI is InChI=1S/C16H16N4O/c17-9-12-5-6-14(20-15(12)18)19-10-16(21)8-7-11-3-1-2-4-13(11)16/h1-6,21H,7-8,10H2,(H3,18,19,20). The summed E-state index contributed by atoms with van der Waals surface area (Å²) in [6.07, 6.45) is 1.56. The molecule has 0 fully saturated rings. The average Bonchev–Trinajstić information content (AvgIpc) is 2.84. The Bertz CT molecular complexity index is 722. The lowest BCUT2D eigenvalue weighted by atomic mass is 9.96. The third-order valence-corrected chi connectivity index (χ3v) is 3.93. The van der Waals surface area contributed by atoms with Gasteiger partial charge in [-0.3, -0.25) is 0 Å². The molecule has 1 aliphatic rings. The third-order valence-electron chi connectivity index (χ3n) is 3.93. The summed E-state index contributed by atoms with van der Waals surface area (Å²) in [7, 11) is 0. The van der Waals surface area contributed by atoms with Gasteiger partial charge in [-0.2, -0.15) is 5.26 Å². The molecular formula is C16H16N4O. The molecule has 1 unspecified atom stereocenters. The van der Waals surface area contributed by atoms with E-state index in [1.807, 2.05) is 30.3 Å². The molecule has 0 spiro atoms. The van der Waals surface area contributed by atoms with Gasteiger partial charge in [0, 0.05) is 6.54 Å². The van der Waals surface area contributed by atoms with Crippen molar-refractivity contribution in [1.82, 2.24) is 4.98 Å². The highest BCUT2D eigenvalue weighted by Crippen LogP contribution is 2.36. The van der Waals surface area contributed by atoms with E-state index in [0.717, 1.165) is 12.0 Å². The van der Waals surface area contributed by atoms with Crippen LogP contribution in [0.3, 0.4) is 0 Å². The van der Waals surface area contributed by atoms with Gasteiger partial charge < -0.3 is 16.2 Å². The van der Waals surface area contributed by atoms with Crippen LogP contribution in [0.1, 0.15) is 23.1 Å². The van der Waals surface area contributed by atoms with Crippen LogP contribution in [0.15, 0.2) is 36.4 Å². The first-order valence-electron chi connectivity index (χ1n) is 6.84. The molecule has 3 rings (SSSR count). The van der Waals surface area contributed by atoms with E-state index < -0.39 is 5.60 Å². The second kappa shape index (κ2) is 5.08. The van der Waals surface area contributed by atoms with Crippen molar-refractivity contribution in [2.75, 3.05) is 17.6 Å². The summed E-state index contributed by atoms with van der Waals surface area (Å²) in [5.74, 6) is 0.755. The van der Waals surface area contributed by atoms with E-state index in [2.05, 4.69) is 10.3 Å². The van der Waals surface area contributed by atoms with Gasteiger partial charge in [0.05, 0.1) is 5.56 Å². The van der Waals surface area contributed by atoms with Gasteiger partial charge in [-0.05, 0) is 36.1 Å². The predicted octanol–water partition coefficient (Wildman–Crippen LogP) is 1.78. The molecule has 0 amide bonds. The fourth-order valence-electron chi connectivity index (χ4n) is 2.76. The van der Waals surface area contributed by atoms with Gasteiger partial charge in [0.1, 0.15) is 23.3 Å². The molecule has 5 nitrogen and oxygen atoms in total. The zero-order chi connectivity index (χ0) is 14.9. The van der Waals surface area contributed by atoms with Crippen molar-refractivity contribution >= 4 is 11.6 Å². The van der Waals surface area contributed by atoms with E-state index in [0.29, 0.717) is 24.3 Å². The molecule has 106 valence electrons. The predicted molar refractivity (Wildman–Crippen MR) is 80.5 cm³/mol. The van der Waals surface area contributed by atoms with E-state index in [1.165, 1.54) is 5.56 Å². The van der Waals surface area contributed by atoms with E-state index in [4.69, 9.17) is 11.0 Å². The van der Waals surface area contributed by atoms with Crippen molar-refractivity contribution in [1.29, 1.82) is 5.26 Å². The number of nitrogen functional groups attached to an aromatic ring is 1. The molecule has 21 heavy (non-hydrogen) atoms. The van der Waals surface area contributed by atoms with E-state index in [9.17, 15) is 5.11 Å². The SMILES string of the molecule is N#Cc1ccc(NCC2(O)CCc3ccccc32)nc1N. The Morgan fingerprint density at radius 3 is 2.90 bits per heavy atom. The number of aryl methyl sites for hydroxylation is 1. The first-order valence-corrected chi connectivity index (χ1v) is 6.84. The largest absolute Gasteiger partial charge is 0.383 e. The van der Waals surface area contributed by atoms with Crippen LogP contribution in [0.2, 0.25) is 0 Å². The molecule has 1 aromatic carbocycles. The molecule has 2 aromatic rings. The number of rotatable bonds is 3. The van der Waals surface area contributed by atoms with Crippen LogP contribution in [0.25, 0.3) is 0 Å². The van der Waals surface area contributed by atoms with Gasteiger partial charge >= 0.3 is 0 Å². The second-order valence-corrected chi connectivity index (χ2v) is 5.28. The fourth-order valence-corrected chi connectivity index (χ4v) is 2.76. The maximum Gasteiger partial charge on any atom is 0.143 e. The molecule has 0 saturated carbocycles. The number of benzene rings is 1. The monoisotopic (exact) mass is 280 g/mol. The number of nitriles is 1. The molecule has 1 heterocycles. The molecule has 0 saturated heterocycles. The van der Waals surface area contributed by atoms with Crippen molar-refractivity contribution in [3.8, 4) is 6.07 Å². The van der Waals surface area contributed by atoms with Crippen LogP contribution in [0.4, 0.5) is 11.6 Å². The van der Waals surface area contributed by atoms with E-state index in [-0.39, 0.29) is 5.82 Å². The summed E-state index contributed by atoms with van der Waals surface area (Å²) < 4.78 is 0. The maximum absolute atomic E-state index is 10.8. The Balaban J connectivity index is 1.77.